The van der Waals surface area contributed by atoms with E-state index in [1.807, 2.05) is 0 Å². The van der Waals surface area contributed by atoms with E-state index in [0.717, 1.165) is 31.7 Å². The topological polar surface area (TPSA) is 38.0 Å². The summed E-state index contributed by atoms with van der Waals surface area (Å²) in [5.74, 6) is 0.484. The zero-order chi connectivity index (χ0) is 14.8. The third kappa shape index (κ3) is 3.26. The van der Waals surface area contributed by atoms with Crippen molar-refractivity contribution in [1.29, 1.82) is 0 Å². The fourth-order valence-corrected chi connectivity index (χ4v) is 3.14. The van der Waals surface area contributed by atoms with Gasteiger partial charge in [-0.05, 0) is 30.9 Å². The number of para-hydroxylation sites is 1. The Balaban J connectivity index is 2.28. The Morgan fingerprint density at radius 2 is 2.05 bits per heavy atom. The Labute approximate surface area is 117 Å². The number of nitrogens with two attached hydrogens (primary N) is 1. The van der Waals surface area contributed by atoms with Gasteiger partial charge in [-0.3, -0.25) is 0 Å². The van der Waals surface area contributed by atoms with Gasteiger partial charge in [0.1, 0.15) is 0 Å². The van der Waals surface area contributed by atoms with Crippen molar-refractivity contribution in [2.24, 2.45) is 11.7 Å². The molecule has 0 radical (unpaired) electrons. The van der Waals surface area contributed by atoms with Crippen LogP contribution in [0.3, 0.4) is 0 Å². The number of hydrogen-bond donors (Lipinski definition) is 2. The van der Waals surface area contributed by atoms with E-state index in [1.54, 1.807) is 6.07 Å². The van der Waals surface area contributed by atoms with Crippen LogP contribution in [0.25, 0.3) is 0 Å². The average Bonchev–Trinajstić information content (AvgIpc) is 2.38. The largest absolute Gasteiger partial charge is 0.418 e. The number of rotatable bonds is 3. The van der Waals surface area contributed by atoms with Crippen LogP contribution < -0.4 is 11.1 Å². The van der Waals surface area contributed by atoms with E-state index in [4.69, 9.17) is 5.73 Å². The molecule has 1 aromatic carbocycles. The smallest absolute Gasteiger partial charge is 0.378 e. The van der Waals surface area contributed by atoms with Gasteiger partial charge in [-0.25, -0.2) is 0 Å². The molecule has 0 amide bonds. The number of hydrogen-bond acceptors (Lipinski definition) is 2. The molecule has 0 spiro atoms. The van der Waals surface area contributed by atoms with Gasteiger partial charge in [-0.2, -0.15) is 13.2 Å². The third-order valence-corrected chi connectivity index (χ3v) is 4.11. The van der Waals surface area contributed by atoms with Crippen molar-refractivity contribution in [3.63, 3.8) is 0 Å². The first-order valence-corrected chi connectivity index (χ1v) is 7.01. The molecule has 1 fully saturated rings. The maximum Gasteiger partial charge on any atom is 0.418 e. The summed E-state index contributed by atoms with van der Waals surface area (Å²) in [6.07, 6.45) is -0.598. The minimum absolute atomic E-state index is 0.138. The first kappa shape index (κ1) is 15.2. The highest BCUT2D eigenvalue weighted by Crippen LogP contribution is 2.39. The van der Waals surface area contributed by atoms with Gasteiger partial charge in [0.25, 0.3) is 0 Å². The van der Waals surface area contributed by atoms with Crippen LogP contribution in [-0.4, -0.2) is 12.1 Å². The van der Waals surface area contributed by atoms with E-state index >= 15 is 0 Å². The summed E-state index contributed by atoms with van der Waals surface area (Å²) in [5.41, 5.74) is 4.97. The zero-order valence-corrected chi connectivity index (χ0v) is 11.6. The van der Waals surface area contributed by atoms with Gasteiger partial charge in [-0.1, -0.05) is 31.9 Å². The average molecular weight is 286 g/mol. The van der Waals surface area contributed by atoms with Gasteiger partial charge >= 0.3 is 6.18 Å². The Kier molecular flexibility index (Phi) is 4.28. The highest BCUT2D eigenvalue weighted by Gasteiger charge is 2.38. The summed E-state index contributed by atoms with van der Waals surface area (Å²) in [7, 11) is 0. The number of halogens is 3. The van der Waals surface area contributed by atoms with Crippen LogP contribution in [0.4, 0.5) is 18.9 Å². The van der Waals surface area contributed by atoms with Crippen molar-refractivity contribution >= 4 is 5.69 Å². The molecule has 2 unspecified atom stereocenters. The lowest BCUT2D eigenvalue weighted by Crippen LogP contribution is -2.49. The number of alkyl halides is 3. The minimum Gasteiger partial charge on any atom is -0.378 e. The Morgan fingerprint density at radius 3 is 2.65 bits per heavy atom. The lowest BCUT2D eigenvalue weighted by Gasteiger charge is -2.41. The summed E-state index contributed by atoms with van der Waals surface area (Å²) in [6.45, 7) is 2.48. The summed E-state index contributed by atoms with van der Waals surface area (Å²) in [5, 5.41) is 3.10. The molecule has 1 aliphatic carbocycles. The zero-order valence-electron chi connectivity index (χ0n) is 11.6. The van der Waals surface area contributed by atoms with Crippen molar-refractivity contribution in [3.05, 3.63) is 29.8 Å². The molecule has 0 bridgehead atoms. The van der Waals surface area contributed by atoms with Gasteiger partial charge in [0.2, 0.25) is 0 Å². The molecule has 112 valence electrons. The standard InChI is InChI=1S/C15H21F3N2/c1-11-5-4-8-14(9-11,10-19)20-13-7-3-2-6-12(13)15(16,17)18/h2-3,6-7,11,20H,4-5,8-10,19H2,1H3. The van der Waals surface area contributed by atoms with Gasteiger partial charge in [0.15, 0.2) is 0 Å². The second-order valence-electron chi connectivity index (χ2n) is 5.85. The minimum atomic E-state index is -4.35. The number of benzene rings is 1. The van der Waals surface area contributed by atoms with E-state index in [2.05, 4.69) is 12.2 Å². The molecule has 1 aromatic rings. The first-order valence-electron chi connectivity index (χ1n) is 7.01. The van der Waals surface area contributed by atoms with Gasteiger partial charge < -0.3 is 11.1 Å². The molecule has 0 saturated heterocycles. The summed E-state index contributed by atoms with van der Waals surface area (Å²) < 4.78 is 39.1. The highest BCUT2D eigenvalue weighted by molar-refractivity contribution is 5.54. The third-order valence-electron chi connectivity index (χ3n) is 4.11. The van der Waals surface area contributed by atoms with Crippen molar-refractivity contribution in [2.45, 2.75) is 44.3 Å². The molecule has 5 heteroatoms. The van der Waals surface area contributed by atoms with Gasteiger partial charge in [0, 0.05) is 17.8 Å². The Bertz CT molecular complexity index is 459. The number of anilines is 1. The molecule has 1 saturated carbocycles. The molecule has 20 heavy (non-hydrogen) atoms. The molecule has 0 heterocycles. The lowest BCUT2D eigenvalue weighted by atomic mass is 9.76. The van der Waals surface area contributed by atoms with Crippen LogP contribution in [0.15, 0.2) is 24.3 Å². The lowest BCUT2D eigenvalue weighted by molar-refractivity contribution is -0.137. The monoisotopic (exact) mass is 286 g/mol. The van der Waals surface area contributed by atoms with Crippen molar-refractivity contribution < 1.29 is 13.2 Å². The van der Waals surface area contributed by atoms with E-state index < -0.39 is 17.3 Å². The summed E-state index contributed by atoms with van der Waals surface area (Å²) >= 11 is 0. The van der Waals surface area contributed by atoms with Crippen LogP contribution in [0.5, 0.6) is 0 Å². The van der Waals surface area contributed by atoms with Crippen LogP contribution in [-0.2, 0) is 6.18 Å². The van der Waals surface area contributed by atoms with Crippen LogP contribution in [0.2, 0.25) is 0 Å². The summed E-state index contributed by atoms with van der Waals surface area (Å²) in [4.78, 5) is 0. The molecular formula is C15H21F3N2. The van der Waals surface area contributed by atoms with Crippen LogP contribution in [0.1, 0.15) is 38.2 Å². The molecule has 2 atom stereocenters. The first-order chi connectivity index (χ1) is 9.36. The predicted octanol–water partition coefficient (Wildman–Crippen LogP) is 4.02. The number of nitrogens with one attached hydrogen (secondary N) is 1. The maximum atomic E-state index is 13.0. The molecular weight excluding hydrogens is 265 g/mol. The van der Waals surface area contributed by atoms with Gasteiger partial charge in [-0.15, -0.1) is 0 Å². The van der Waals surface area contributed by atoms with Crippen molar-refractivity contribution in [3.8, 4) is 0 Å². The maximum absolute atomic E-state index is 13.0. The molecule has 3 N–H and O–H groups in total. The SMILES string of the molecule is CC1CCCC(CN)(Nc2ccccc2C(F)(F)F)C1. The van der Waals surface area contributed by atoms with E-state index in [1.165, 1.54) is 12.1 Å². The van der Waals surface area contributed by atoms with Gasteiger partial charge in [0.05, 0.1) is 5.56 Å². The quantitative estimate of drug-likeness (QED) is 0.880. The Morgan fingerprint density at radius 1 is 1.35 bits per heavy atom. The summed E-state index contributed by atoms with van der Waals surface area (Å²) in [6, 6.07) is 5.62. The fourth-order valence-electron chi connectivity index (χ4n) is 3.14. The molecule has 0 aliphatic heterocycles. The van der Waals surface area contributed by atoms with Crippen LogP contribution in [0, 0.1) is 5.92 Å². The van der Waals surface area contributed by atoms with E-state index in [0.29, 0.717) is 12.5 Å². The van der Waals surface area contributed by atoms with Crippen molar-refractivity contribution in [1.82, 2.24) is 0 Å². The normalized spacial score (nSPS) is 27.4. The van der Waals surface area contributed by atoms with Crippen LogP contribution >= 0.6 is 0 Å². The van der Waals surface area contributed by atoms with E-state index in [9.17, 15) is 13.2 Å². The molecule has 2 rings (SSSR count). The second kappa shape index (κ2) is 5.64. The van der Waals surface area contributed by atoms with Crippen molar-refractivity contribution in [2.75, 3.05) is 11.9 Å². The molecule has 1 aliphatic rings. The highest BCUT2D eigenvalue weighted by atomic mass is 19.4. The molecule has 2 nitrogen and oxygen atoms in total. The molecule has 0 aromatic heterocycles. The second-order valence-corrected chi connectivity index (χ2v) is 5.85. The van der Waals surface area contributed by atoms with E-state index in [-0.39, 0.29) is 5.69 Å². The fraction of sp³-hybridized carbons (Fsp3) is 0.600. The predicted molar refractivity (Wildman–Crippen MR) is 74.5 cm³/mol. The Hall–Kier alpha value is -1.23.